The zero-order chi connectivity index (χ0) is 12.4. The zero-order valence-electron chi connectivity index (χ0n) is 10.3. The number of nitriles is 1. The van der Waals surface area contributed by atoms with E-state index in [1.807, 2.05) is 0 Å². The van der Waals surface area contributed by atoms with Crippen LogP contribution >= 0.6 is 0 Å². The summed E-state index contributed by atoms with van der Waals surface area (Å²) in [6.07, 6.45) is 4.41. The Hall–Kier alpha value is -1.30. The molecule has 2 rings (SSSR count). The van der Waals surface area contributed by atoms with Crippen LogP contribution in [-0.2, 0) is 9.53 Å². The molecule has 4 atom stereocenters. The van der Waals surface area contributed by atoms with Gasteiger partial charge >= 0.3 is 5.97 Å². The van der Waals surface area contributed by atoms with Crippen molar-refractivity contribution >= 4 is 5.97 Å². The highest BCUT2D eigenvalue weighted by Crippen LogP contribution is 2.52. The van der Waals surface area contributed by atoms with Crippen LogP contribution < -0.4 is 0 Å². The third kappa shape index (κ3) is 2.52. The third-order valence-corrected chi connectivity index (χ3v) is 4.19. The number of carbonyl (C=O) groups is 1. The van der Waals surface area contributed by atoms with Crippen LogP contribution in [0.15, 0.2) is 12.2 Å². The maximum absolute atomic E-state index is 11.2. The Labute approximate surface area is 102 Å². The number of ether oxygens (including phenoxy) is 1. The number of esters is 1. The SMILES string of the molecule is C=C(C)C(=O)OCCC1CC2CC(C#N)C1C2. The Kier molecular flexibility index (Phi) is 3.51. The van der Waals surface area contributed by atoms with E-state index in [9.17, 15) is 4.79 Å². The maximum Gasteiger partial charge on any atom is 0.333 e. The van der Waals surface area contributed by atoms with Crippen LogP contribution in [0, 0.1) is 35.0 Å². The summed E-state index contributed by atoms with van der Waals surface area (Å²) in [6, 6.07) is 2.42. The van der Waals surface area contributed by atoms with E-state index in [4.69, 9.17) is 10.00 Å². The first-order valence-electron chi connectivity index (χ1n) is 6.34. The number of hydrogen-bond donors (Lipinski definition) is 0. The number of carbonyl (C=O) groups excluding carboxylic acids is 1. The van der Waals surface area contributed by atoms with Gasteiger partial charge in [0.25, 0.3) is 0 Å². The average molecular weight is 233 g/mol. The normalized spacial score (nSPS) is 34.4. The molecule has 3 heteroatoms. The number of hydrogen-bond acceptors (Lipinski definition) is 3. The zero-order valence-corrected chi connectivity index (χ0v) is 10.3. The summed E-state index contributed by atoms with van der Waals surface area (Å²) in [5.74, 6) is 1.82. The minimum absolute atomic E-state index is 0.246. The van der Waals surface area contributed by atoms with E-state index < -0.39 is 0 Å². The van der Waals surface area contributed by atoms with Crippen molar-refractivity contribution in [1.29, 1.82) is 5.26 Å². The summed E-state index contributed by atoms with van der Waals surface area (Å²) in [4.78, 5) is 11.2. The summed E-state index contributed by atoms with van der Waals surface area (Å²) in [5.41, 5.74) is 0.452. The molecule has 2 fully saturated rings. The first kappa shape index (κ1) is 12.2. The lowest BCUT2D eigenvalue weighted by atomic mass is 9.80. The van der Waals surface area contributed by atoms with Crippen LogP contribution in [0.2, 0.25) is 0 Å². The van der Waals surface area contributed by atoms with Crippen molar-refractivity contribution in [2.24, 2.45) is 23.7 Å². The van der Waals surface area contributed by atoms with Crippen molar-refractivity contribution in [3.8, 4) is 6.07 Å². The van der Waals surface area contributed by atoms with Gasteiger partial charge in [0.15, 0.2) is 0 Å². The number of rotatable bonds is 4. The fourth-order valence-electron chi connectivity index (χ4n) is 3.40. The molecule has 0 aromatic rings. The molecule has 17 heavy (non-hydrogen) atoms. The Morgan fingerprint density at radius 2 is 2.24 bits per heavy atom. The molecule has 0 aromatic carbocycles. The lowest BCUT2D eigenvalue weighted by Crippen LogP contribution is -2.21. The molecule has 2 aliphatic carbocycles. The molecule has 0 aromatic heterocycles. The highest BCUT2D eigenvalue weighted by molar-refractivity contribution is 5.86. The van der Waals surface area contributed by atoms with Crippen LogP contribution in [0.3, 0.4) is 0 Å². The standard InChI is InChI=1S/C14H19NO2/c1-9(2)14(16)17-4-3-11-5-10-6-12(8-15)13(11)7-10/h10-13H,1,3-7H2,2H3. The number of nitrogens with zero attached hydrogens (tertiary/aromatic N) is 1. The molecule has 2 aliphatic rings. The quantitative estimate of drug-likeness (QED) is 0.554. The monoisotopic (exact) mass is 233 g/mol. The molecular formula is C14H19NO2. The van der Waals surface area contributed by atoms with Crippen LogP contribution in [0.5, 0.6) is 0 Å². The Morgan fingerprint density at radius 3 is 2.82 bits per heavy atom. The fraction of sp³-hybridized carbons (Fsp3) is 0.714. The molecule has 92 valence electrons. The van der Waals surface area contributed by atoms with Crippen molar-refractivity contribution < 1.29 is 9.53 Å². The largest absolute Gasteiger partial charge is 0.462 e. The lowest BCUT2D eigenvalue weighted by molar-refractivity contribution is -0.139. The second-order valence-electron chi connectivity index (χ2n) is 5.44. The molecule has 2 bridgehead atoms. The topological polar surface area (TPSA) is 50.1 Å². The second-order valence-corrected chi connectivity index (χ2v) is 5.44. The Morgan fingerprint density at radius 1 is 1.47 bits per heavy atom. The van der Waals surface area contributed by atoms with Gasteiger partial charge in [-0.2, -0.15) is 5.26 Å². The van der Waals surface area contributed by atoms with Crippen LogP contribution in [0.1, 0.15) is 32.6 Å². The van der Waals surface area contributed by atoms with Crippen molar-refractivity contribution in [1.82, 2.24) is 0 Å². The van der Waals surface area contributed by atoms with E-state index in [1.54, 1.807) is 6.92 Å². The molecule has 4 unspecified atom stereocenters. The van der Waals surface area contributed by atoms with E-state index in [0.29, 0.717) is 24.0 Å². The highest BCUT2D eigenvalue weighted by atomic mass is 16.5. The fourth-order valence-corrected chi connectivity index (χ4v) is 3.40. The predicted molar refractivity (Wildman–Crippen MR) is 63.8 cm³/mol. The molecule has 0 heterocycles. The first-order valence-corrected chi connectivity index (χ1v) is 6.34. The van der Waals surface area contributed by atoms with Crippen molar-refractivity contribution in [3.05, 3.63) is 12.2 Å². The van der Waals surface area contributed by atoms with Crippen molar-refractivity contribution in [2.45, 2.75) is 32.6 Å². The van der Waals surface area contributed by atoms with E-state index in [-0.39, 0.29) is 11.9 Å². The van der Waals surface area contributed by atoms with Gasteiger partial charge in [-0.05, 0) is 50.4 Å². The summed E-state index contributed by atoms with van der Waals surface area (Å²) in [6.45, 7) is 5.68. The molecule has 0 spiro atoms. The van der Waals surface area contributed by atoms with Gasteiger partial charge in [-0.15, -0.1) is 0 Å². The minimum atomic E-state index is -0.301. The van der Waals surface area contributed by atoms with Crippen LogP contribution in [0.25, 0.3) is 0 Å². The van der Waals surface area contributed by atoms with Crippen LogP contribution in [-0.4, -0.2) is 12.6 Å². The second kappa shape index (κ2) is 4.91. The Bertz CT molecular complexity index is 369. The van der Waals surface area contributed by atoms with E-state index >= 15 is 0 Å². The molecule has 2 saturated carbocycles. The van der Waals surface area contributed by atoms with Crippen molar-refractivity contribution in [2.75, 3.05) is 6.61 Å². The van der Waals surface area contributed by atoms with Gasteiger partial charge in [-0.25, -0.2) is 4.79 Å². The predicted octanol–water partition coefficient (Wildman–Crippen LogP) is 2.68. The molecular weight excluding hydrogens is 214 g/mol. The third-order valence-electron chi connectivity index (χ3n) is 4.19. The number of fused-ring (bicyclic) bond motifs is 2. The summed E-state index contributed by atoms with van der Waals surface area (Å²) < 4.78 is 5.12. The van der Waals surface area contributed by atoms with Gasteiger partial charge < -0.3 is 4.74 Å². The molecule has 0 amide bonds. The van der Waals surface area contributed by atoms with Gasteiger partial charge in [0.2, 0.25) is 0 Å². The molecule has 0 saturated heterocycles. The Balaban J connectivity index is 1.76. The van der Waals surface area contributed by atoms with Crippen LogP contribution in [0.4, 0.5) is 0 Å². The minimum Gasteiger partial charge on any atom is -0.462 e. The van der Waals surface area contributed by atoms with Gasteiger partial charge in [0, 0.05) is 11.5 Å². The highest BCUT2D eigenvalue weighted by Gasteiger charge is 2.45. The summed E-state index contributed by atoms with van der Waals surface area (Å²) >= 11 is 0. The molecule has 0 radical (unpaired) electrons. The molecule has 0 N–H and O–H groups in total. The van der Waals surface area contributed by atoms with E-state index in [1.165, 1.54) is 12.8 Å². The van der Waals surface area contributed by atoms with Gasteiger partial charge in [0.05, 0.1) is 12.7 Å². The maximum atomic E-state index is 11.2. The first-order chi connectivity index (χ1) is 8.11. The lowest BCUT2D eigenvalue weighted by Gasteiger charge is -2.25. The molecule has 3 nitrogen and oxygen atoms in total. The van der Waals surface area contributed by atoms with Gasteiger partial charge in [0.1, 0.15) is 0 Å². The summed E-state index contributed by atoms with van der Waals surface area (Å²) in [7, 11) is 0. The average Bonchev–Trinajstić information content (AvgIpc) is 2.87. The van der Waals surface area contributed by atoms with Crippen molar-refractivity contribution in [3.63, 3.8) is 0 Å². The molecule has 0 aliphatic heterocycles. The van der Waals surface area contributed by atoms with Gasteiger partial charge in [-0.1, -0.05) is 6.58 Å². The van der Waals surface area contributed by atoms with E-state index in [2.05, 4.69) is 12.6 Å². The smallest absolute Gasteiger partial charge is 0.333 e. The van der Waals surface area contributed by atoms with Gasteiger partial charge in [-0.3, -0.25) is 0 Å². The van der Waals surface area contributed by atoms with E-state index in [0.717, 1.165) is 18.8 Å². The summed E-state index contributed by atoms with van der Waals surface area (Å²) in [5, 5.41) is 9.05.